The molecule has 7 heteroatoms. The van der Waals surface area contributed by atoms with Gasteiger partial charge in [0.05, 0.1) is 28.9 Å². The van der Waals surface area contributed by atoms with Crippen LogP contribution in [0.5, 0.6) is 0 Å². The van der Waals surface area contributed by atoms with Crippen molar-refractivity contribution in [3.63, 3.8) is 0 Å². The minimum Gasteiger partial charge on any atom is -0.465 e. The molecule has 1 fully saturated rings. The van der Waals surface area contributed by atoms with Gasteiger partial charge in [-0.2, -0.15) is 4.91 Å². The van der Waals surface area contributed by atoms with Crippen LogP contribution in [0, 0.1) is 10.7 Å². The van der Waals surface area contributed by atoms with Gasteiger partial charge in [-0.3, -0.25) is 0 Å². The molecule has 1 aliphatic heterocycles. The number of carbonyl (C=O) groups excluding carboxylic acids is 1. The number of halogens is 2. The van der Waals surface area contributed by atoms with Gasteiger partial charge in [-0.25, -0.2) is 9.18 Å². The fraction of sp³-hybridized carbons (Fsp3) is 0.462. The molecule has 1 saturated heterocycles. The lowest BCUT2D eigenvalue weighted by molar-refractivity contribution is 0.0599. The summed E-state index contributed by atoms with van der Waals surface area (Å²) in [7, 11) is 1.25. The van der Waals surface area contributed by atoms with Gasteiger partial charge in [0.1, 0.15) is 0 Å². The molecule has 1 aromatic rings. The summed E-state index contributed by atoms with van der Waals surface area (Å²) in [5.41, 5.74) is 0.562. The Balaban J connectivity index is 2.24. The highest BCUT2D eigenvalue weighted by molar-refractivity contribution is 9.10. The number of hydrogen-bond acceptors (Lipinski definition) is 5. The number of esters is 1. The molecule has 0 aliphatic carbocycles. The summed E-state index contributed by atoms with van der Waals surface area (Å²) in [4.78, 5) is 23.8. The number of piperidine rings is 1. The molecule has 0 amide bonds. The van der Waals surface area contributed by atoms with Crippen molar-refractivity contribution in [1.82, 2.24) is 0 Å². The zero-order valence-electron chi connectivity index (χ0n) is 10.9. The minimum atomic E-state index is -0.591. The Morgan fingerprint density at radius 3 is 2.65 bits per heavy atom. The number of carbonyl (C=O) groups is 1. The molecule has 0 N–H and O–H groups in total. The molecule has 5 nitrogen and oxygen atoms in total. The Morgan fingerprint density at radius 1 is 1.45 bits per heavy atom. The molecule has 0 saturated carbocycles. The van der Waals surface area contributed by atoms with Crippen LogP contribution >= 0.6 is 15.9 Å². The fourth-order valence-corrected chi connectivity index (χ4v) is 2.76. The van der Waals surface area contributed by atoms with Gasteiger partial charge in [0.25, 0.3) is 0 Å². The van der Waals surface area contributed by atoms with Crippen molar-refractivity contribution >= 4 is 27.6 Å². The van der Waals surface area contributed by atoms with Crippen LogP contribution in [-0.4, -0.2) is 32.2 Å². The predicted octanol–water partition coefficient (Wildman–Crippen LogP) is 3.11. The average Bonchev–Trinajstić information content (AvgIpc) is 2.49. The van der Waals surface area contributed by atoms with Crippen molar-refractivity contribution < 1.29 is 13.9 Å². The quantitative estimate of drug-likeness (QED) is 0.624. The third-order valence-electron chi connectivity index (χ3n) is 3.42. The zero-order valence-corrected chi connectivity index (χ0v) is 12.5. The maximum atomic E-state index is 14.3. The normalized spacial score (nSPS) is 16.1. The summed E-state index contributed by atoms with van der Waals surface area (Å²) in [5, 5.41) is 3.02. The first kappa shape index (κ1) is 14.9. The Labute approximate surface area is 124 Å². The molecule has 0 aromatic heterocycles. The lowest BCUT2D eigenvalue weighted by Gasteiger charge is -2.31. The monoisotopic (exact) mass is 344 g/mol. The molecule has 0 unspecified atom stereocenters. The Kier molecular flexibility index (Phi) is 4.69. The topological polar surface area (TPSA) is 59.0 Å². The molecule has 1 aliphatic rings. The maximum absolute atomic E-state index is 14.3. The Morgan fingerprint density at radius 2 is 2.10 bits per heavy atom. The predicted molar refractivity (Wildman–Crippen MR) is 76.5 cm³/mol. The average molecular weight is 345 g/mol. The van der Waals surface area contributed by atoms with Gasteiger partial charge in [-0.05, 0) is 40.9 Å². The molecule has 20 heavy (non-hydrogen) atoms. The van der Waals surface area contributed by atoms with Crippen molar-refractivity contribution in [2.45, 2.75) is 18.9 Å². The summed E-state index contributed by atoms with van der Waals surface area (Å²) >= 11 is 3.09. The highest BCUT2D eigenvalue weighted by Crippen LogP contribution is 2.31. The third-order valence-corrected chi connectivity index (χ3v) is 4.20. The van der Waals surface area contributed by atoms with Crippen LogP contribution in [0.2, 0.25) is 0 Å². The van der Waals surface area contributed by atoms with Gasteiger partial charge in [0.15, 0.2) is 5.82 Å². The highest BCUT2D eigenvalue weighted by atomic mass is 79.9. The lowest BCUT2D eigenvalue weighted by Crippen LogP contribution is -2.35. The van der Waals surface area contributed by atoms with Crippen molar-refractivity contribution in [3.05, 3.63) is 32.9 Å². The third kappa shape index (κ3) is 2.82. The maximum Gasteiger partial charge on any atom is 0.339 e. The van der Waals surface area contributed by atoms with Gasteiger partial charge in [-0.1, -0.05) is 5.18 Å². The van der Waals surface area contributed by atoms with Crippen molar-refractivity contribution in [3.8, 4) is 0 Å². The van der Waals surface area contributed by atoms with Gasteiger partial charge in [0.2, 0.25) is 0 Å². The first-order valence-electron chi connectivity index (χ1n) is 6.22. The number of ether oxygens (including phenoxy) is 1. The van der Waals surface area contributed by atoms with Gasteiger partial charge in [0, 0.05) is 13.1 Å². The van der Waals surface area contributed by atoms with Gasteiger partial charge in [-0.15, -0.1) is 0 Å². The molecular formula is C13H14BrFN2O3. The van der Waals surface area contributed by atoms with Crippen LogP contribution < -0.4 is 4.90 Å². The standard InChI is InChI=1S/C13H14BrFN2O3/c1-20-13(18)9-2-3-10(12(15)11(9)14)17-6-4-8(16-19)5-7-17/h2-3,8H,4-7H2,1H3. The molecule has 1 heterocycles. The fourth-order valence-electron chi connectivity index (χ4n) is 2.26. The molecule has 108 valence electrons. The second-order valence-corrected chi connectivity index (χ2v) is 5.37. The van der Waals surface area contributed by atoms with E-state index in [1.165, 1.54) is 13.2 Å². The van der Waals surface area contributed by atoms with Crippen LogP contribution in [0.25, 0.3) is 0 Å². The molecule has 0 bridgehead atoms. The van der Waals surface area contributed by atoms with Gasteiger partial charge >= 0.3 is 5.97 Å². The Bertz CT molecular complexity index is 531. The SMILES string of the molecule is COC(=O)c1ccc(N2CCC(N=O)CC2)c(F)c1Br. The minimum absolute atomic E-state index is 0.0949. The summed E-state index contributed by atoms with van der Waals surface area (Å²) in [6.45, 7) is 1.13. The first-order valence-corrected chi connectivity index (χ1v) is 7.01. The van der Waals surface area contributed by atoms with Crippen LogP contribution in [0.15, 0.2) is 21.8 Å². The van der Waals surface area contributed by atoms with E-state index in [1.54, 1.807) is 6.07 Å². The van der Waals surface area contributed by atoms with E-state index < -0.39 is 11.8 Å². The van der Waals surface area contributed by atoms with E-state index in [2.05, 4.69) is 25.8 Å². The molecule has 0 spiro atoms. The zero-order chi connectivity index (χ0) is 14.7. The second-order valence-electron chi connectivity index (χ2n) is 4.58. The first-order chi connectivity index (χ1) is 9.58. The number of nitrogens with zero attached hydrogens (tertiary/aromatic N) is 2. The van der Waals surface area contributed by atoms with E-state index in [-0.39, 0.29) is 16.1 Å². The molecular weight excluding hydrogens is 331 g/mol. The number of nitroso groups, excluding NO2 is 1. The van der Waals surface area contributed by atoms with Crippen LogP contribution in [-0.2, 0) is 4.74 Å². The number of methoxy groups -OCH3 is 1. The van der Waals surface area contributed by atoms with Crippen molar-refractivity contribution in [1.29, 1.82) is 0 Å². The summed E-state index contributed by atoms with van der Waals surface area (Å²) in [5.74, 6) is -1.09. The van der Waals surface area contributed by atoms with Gasteiger partial charge < -0.3 is 9.64 Å². The summed E-state index contributed by atoms with van der Waals surface area (Å²) in [6, 6.07) is 2.89. The number of rotatable bonds is 3. The molecule has 2 rings (SSSR count). The van der Waals surface area contributed by atoms with Crippen molar-refractivity contribution in [2.24, 2.45) is 5.18 Å². The van der Waals surface area contributed by atoms with Crippen LogP contribution in [0.4, 0.5) is 10.1 Å². The van der Waals surface area contributed by atoms with E-state index in [0.29, 0.717) is 31.6 Å². The number of anilines is 1. The van der Waals surface area contributed by atoms with Crippen molar-refractivity contribution in [2.75, 3.05) is 25.1 Å². The van der Waals surface area contributed by atoms with Crippen LogP contribution in [0.3, 0.4) is 0 Å². The molecule has 1 aromatic carbocycles. The molecule has 0 radical (unpaired) electrons. The number of hydrogen-bond donors (Lipinski definition) is 0. The van der Waals surface area contributed by atoms with E-state index in [0.717, 1.165) is 0 Å². The van der Waals surface area contributed by atoms with E-state index in [9.17, 15) is 14.1 Å². The van der Waals surface area contributed by atoms with E-state index >= 15 is 0 Å². The largest absolute Gasteiger partial charge is 0.465 e. The summed E-state index contributed by atoms with van der Waals surface area (Å²) in [6.07, 6.45) is 1.22. The van der Waals surface area contributed by atoms with E-state index in [4.69, 9.17) is 0 Å². The highest BCUT2D eigenvalue weighted by Gasteiger charge is 2.24. The van der Waals surface area contributed by atoms with Crippen LogP contribution in [0.1, 0.15) is 23.2 Å². The smallest absolute Gasteiger partial charge is 0.339 e. The number of benzene rings is 1. The molecule has 0 atom stereocenters. The van der Waals surface area contributed by atoms with E-state index in [1.807, 2.05) is 4.90 Å². The summed E-state index contributed by atoms with van der Waals surface area (Å²) < 4.78 is 19.0. The second kappa shape index (κ2) is 6.30. The lowest BCUT2D eigenvalue weighted by atomic mass is 10.0. The Hall–Kier alpha value is -1.50.